The third-order valence-corrected chi connectivity index (χ3v) is 3.60. The quantitative estimate of drug-likeness (QED) is 0.749. The number of carbonyl (C=O) groups is 1. The molecule has 0 spiro atoms. The van der Waals surface area contributed by atoms with Crippen LogP contribution in [0.4, 0.5) is 0 Å². The first-order chi connectivity index (χ1) is 9.22. The maximum absolute atomic E-state index is 10.9. The zero-order chi connectivity index (χ0) is 15.3. The van der Waals surface area contributed by atoms with Crippen LogP contribution in [-0.4, -0.2) is 22.2 Å². The SMILES string of the molecule is CC(=O)NC(C)CCCC(C)(C)c1ccc(O)cc1O. The van der Waals surface area contributed by atoms with Gasteiger partial charge in [-0.05, 0) is 36.8 Å². The molecule has 1 unspecified atom stereocenters. The van der Waals surface area contributed by atoms with Crippen molar-refractivity contribution in [3.05, 3.63) is 23.8 Å². The lowest BCUT2D eigenvalue weighted by atomic mass is 9.79. The second-order valence-corrected chi connectivity index (χ2v) is 6.08. The molecule has 1 rings (SSSR count). The van der Waals surface area contributed by atoms with Crippen LogP contribution >= 0.6 is 0 Å². The van der Waals surface area contributed by atoms with Crippen molar-refractivity contribution in [3.63, 3.8) is 0 Å². The lowest BCUT2D eigenvalue weighted by molar-refractivity contribution is -0.119. The summed E-state index contributed by atoms with van der Waals surface area (Å²) in [6, 6.07) is 4.90. The Labute approximate surface area is 120 Å². The van der Waals surface area contributed by atoms with Crippen LogP contribution in [0.15, 0.2) is 18.2 Å². The molecule has 0 heterocycles. The fraction of sp³-hybridized carbons (Fsp3) is 0.562. The first-order valence-electron chi connectivity index (χ1n) is 7.02. The minimum absolute atomic E-state index is 0.00654. The van der Waals surface area contributed by atoms with Gasteiger partial charge in [-0.2, -0.15) is 0 Å². The molecule has 0 saturated heterocycles. The average Bonchev–Trinajstić information content (AvgIpc) is 2.26. The van der Waals surface area contributed by atoms with Gasteiger partial charge in [0.2, 0.25) is 5.91 Å². The number of phenols is 2. The Bertz CT molecular complexity index is 469. The Morgan fingerprint density at radius 2 is 2.00 bits per heavy atom. The van der Waals surface area contributed by atoms with Crippen molar-refractivity contribution in [2.24, 2.45) is 0 Å². The first kappa shape index (κ1) is 16.3. The molecule has 1 amide bonds. The van der Waals surface area contributed by atoms with Crippen LogP contribution < -0.4 is 5.32 Å². The Morgan fingerprint density at radius 1 is 1.35 bits per heavy atom. The second-order valence-electron chi connectivity index (χ2n) is 6.08. The highest BCUT2D eigenvalue weighted by atomic mass is 16.3. The molecule has 0 aliphatic rings. The van der Waals surface area contributed by atoms with Gasteiger partial charge >= 0.3 is 0 Å². The van der Waals surface area contributed by atoms with E-state index in [1.165, 1.54) is 13.0 Å². The molecular weight excluding hydrogens is 254 g/mol. The van der Waals surface area contributed by atoms with E-state index in [0.29, 0.717) is 0 Å². The van der Waals surface area contributed by atoms with E-state index in [9.17, 15) is 15.0 Å². The number of nitrogens with one attached hydrogen (secondary N) is 1. The number of rotatable bonds is 6. The van der Waals surface area contributed by atoms with Gasteiger partial charge in [-0.15, -0.1) is 0 Å². The highest BCUT2D eigenvalue weighted by Gasteiger charge is 2.24. The van der Waals surface area contributed by atoms with Crippen molar-refractivity contribution in [1.82, 2.24) is 5.32 Å². The number of phenolic OH excluding ortho intramolecular Hbond substituents is 2. The molecule has 1 aromatic rings. The Morgan fingerprint density at radius 3 is 2.55 bits per heavy atom. The van der Waals surface area contributed by atoms with E-state index in [1.54, 1.807) is 12.1 Å². The zero-order valence-electron chi connectivity index (χ0n) is 12.7. The largest absolute Gasteiger partial charge is 0.508 e. The third kappa shape index (κ3) is 4.76. The molecule has 3 N–H and O–H groups in total. The van der Waals surface area contributed by atoms with E-state index in [0.717, 1.165) is 24.8 Å². The van der Waals surface area contributed by atoms with E-state index in [4.69, 9.17) is 0 Å². The number of hydrogen-bond acceptors (Lipinski definition) is 3. The standard InChI is InChI=1S/C16H25NO3/c1-11(17-12(2)18)6-5-9-16(3,4)14-8-7-13(19)10-15(14)20/h7-8,10-11,19-20H,5-6,9H2,1-4H3,(H,17,18). The third-order valence-electron chi connectivity index (χ3n) is 3.60. The Kier molecular flexibility index (Phi) is 5.43. The lowest BCUT2D eigenvalue weighted by Crippen LogP contribution is -2.30. The normalized spacial score (nSPS) is 13.0. The van der Waals surface area contributed by atoms with Gasteiger partial charge in [0.25, 0.3) is 0 Å². The summed E-state index contributed by atoms with van der Waals surface area (Å²) in [7, 11) is 0. The average molecular weight is 279 g/mol. The molecule has 0 aliphatic heterocycles. The van der Waals surface area contributed by atoms with Crippen molar-refractivity contribution in [1.29, 1.82) is 0 Å². The van der Waals surface area contributed by atoms with Crippen molar-refractivity contribution in [2.75, 3.05) is 0 Å². The fourth-order valence-electron chi connectivity index (χ4n) is 2.50. The summed E-state index contributed by atoms with van der Waals surface area (Å²) in [6.45, 7) is 7.66. The van der Waals surface area contributed by atoms with Crippen molar-refractivity contribution < 1.29 is 15.0 Å². The molecule has 112 valence electrons. The van der Waals surface area contributed by atoms with Gasteiger partial charge in [0.1, 0.15) is 11.5 Å². The summed E-state index contributed by atoms with van der Waals surface area (Å²) in [5.74, 6) is 0.194. The molecule has 0 radical (unpaired) electrons. The Balaban J connectivity index is 2.59. The maximum atomic E-state index is 10.9. The topological polar surface area (TPSA) is 69.6 Å². The predicted molar refractivity (Wildman–Crippen MR) is 79.9 cm³/mol. The monoisotopic (exact) mass is 279 g/mol. The molecular formula is C16H25NO3. The lowest BCUT2D eigenvalue weighted by Gasteiger charge is -2.27. The summed E-state index contributed by atoms with van der Waals surface area (Å²) >= 11 is 0. The highest BCUT2D eigenvalue weighted by molar-refractivity contribution is 5.73. The number of aromatic hydroxyl groups is 2. The molecule has 0 aliphatic carbocycles. The molecule has 1 atom stereocenters. The molecule has 0 aromatic heterocycles. The molecule has 4 heteroatoms. The molecule has 0 saturated carbocycles. The van der Waals surface area contributed by atoms with Crippen LogP contribution in [0.5, 0.6) is 11.5 Å². The van der Waals surface area contributed by atoms with Crippen LogP contribution in [0.3, 0.4) is 0 Å². The van der Waals surface area contributed by atoms with Gasteiger partial charge in [0.05, 0.1) is 0 Å². The van der Waals surface area contributed by atoms with Gasteiger partial charge in [-0.1, -0.05) is 26.3 Å². The summed E-state index contributed by atoms with van der Waals surface area (Å²) in [5, 5.41) is 22.1. The van der Waals surface area contributed by atoms with Crippen LogP contribution in [0.1, 0.15) is 52.5 Å². The molecule has 0 fully saturated rings. The van der Waals surface area contributed by atoms with E-state index < -0.39 is 0 Å². The van der Waals surface area contributed by atoms with E-state index in [1.807, 2.05) is 6.92 Å². The number of carbonyl (C=O) groups excluding carboxylic acids is 1. The van der Waals surface area contributed by atoms with Crippen LogP contribution in [0.25, 0.3) is 0 Å². The Hall–Kier alpha value is -1.71. The van der Waals surface area contributed by atoms with Crippen molar-refractivity contribution in [3.8, 4) is 11.5 Å². The van der Waals surface area contributed by atoms with E-state index in [-0.39, 0.29) is 28.9 Å². The maximum Gasteiger partial charge on any atom is 0.217 e. The minimum Gasteiger partial charge on any atom is -0.508 e. The van der Waals surface area contributed by atoms with Crippen LogP contribution in [0, 0.1) is 0 Å². The van der Waals surface area contributed by atoms with Gasteiger partial charge in [0, 0.05) is 19.0 Å². The summed E-state index contributed by atoms with van der Waals surface area (Å²) in [4.78, 5) is 10.9. The van der Waals surface area contributed by atoms with Gasteiger partial charge in [0.15, 0.2) is 0 Å². The van der Waals surface area contributed by atoms with E-state index >= 15 is 0 Å². The molecule has 1 aromatic carbocycles. The fourth-order valence-corrected chi connectivity index (χ4v) is 2.50. The van der Waals surface area contributed by atoms with Crippen molar-refractivity contribution in [2.45, 2.75) is 58.4 Å². The van der Waals surface area contributed by atoms with E-state index in [2.05, 4.69) is 19.2 Å². The van der Waals surface area contributed by atoms with Gasteiger partial charge < -0.3 is 15.5 Å². The second kappa shape index (κ2) is 6.64. The number of hydrogen-bond donors (Lipinski definition) is 3. The highest BCUT2D eigenvalue weighted by Crippen LogP contribution is 2.36. The number of benzene rings is 1. The predicted octanol–water partition coefficient (Wildman–Crippen LogP) is 3.07. The summed E-state index contributed by atoms with van der Waals surface area (Å²) < 4.78 is 0. The van der Waals surface area contributed by atoms with Gasteiger partial charge in [-0.25, -0.2) is 0 Å². The summed E-state index contributed by atoms with van der Waals surface area (Å²) in [6.07, 6.45) is 2.76. The molecule has 20 heavy (non-hydrogen) atoms. The van der Waals surface area contributed by atoms with Gasteiger partial charge in [-0.3, -0.25) is 4.79 Å². The zero-order valence-corrected chi connectivity index (χ0v) is 12.7. The smallest absolute Gasteiger partial charge is 0.217 e. The van der Waals surface area contributed by atoms with Crippen LogP contribution in [-0.2, 0) is 10.2 Å². The molecule has 0 bridgehead atoms. The molecule has 4 nitrogen and oxygen atoms in total. The summed E-state index contributed by atoms with van der Waals surface area (Å²) in [5.41, 5.74) is 0.663. The van der Waals surface area contributed by atoms with Crippen molar-refractivity contribution >= 4 is 5.91 Å². The first-order valence-corrected chi connectivity index (χ1v) is 7.02. The number of amides is 1. The van der Waals surface area contributed by atoms with Crippen LogP contribution in [0.2, 0.25) is 0 Å². The minimum atomic E-state index is -0.173.